The number of para-hydroxylation sites is 2. The van der Waals surface area contributed by atoms with Gasteiger partial charge in [-0.05, 0) is 55.5 Å². The zero-order valence-electron chi connectivity index (χ0n) is 15.3. The quantitative estimate of drug-likeness (QED) is 0.569. The van der Waals surface area contributed by atoms with Gasteiger partial charge in [-0.25, -0.2) is 13.8 Å². The Morgan fingerprint density at radius 2 is 1.59 bits per heavy atom. The first-order chi connectivity index (χ1) is 14.0. The van der Waals surface area contributed by atoms with Crippen LogP contribution in [0, 0.1) is 18.6 Å². The van der Waals surface area contributed by atoms with E-state index < -0.39 is 23.2 Å². The van der Waals surface area contributed by atoms with Crippen molar-refractivity contribution in [2.24, 2.45) is 0 Å². The Morgan fingerprint density at radius 1 is 0.931 bits per heavy atom. The van der Waals surface area contributed by atoms with E-state index in [1.165, 1.54) is 22.8 Å². The highest BCUT2D eigenvalue weighted by molar-refractivity contribution is 6.04. The van der Waals surface area contributed by atoms with Crippen molar-refractivity contribution < 1.29 is 13.6 Å². The Hall–Kier alpha value is -3.87. The van der Waals surface area contributed by atoms with Crippen LogP contribution in [0.2, 0.25) is 0 Å². The van der Waals surface area contributed by atoms with Gasteiger partial charge in [-0.3, -0.25) is 14.2 Å². The number of rotatable bonds is 3. The summed E-state index contributed by atoms with van der Waals surface area (Å²) >= 11 is 0. The second-order valence-corrected chi connectivity index (χ2v) is 6.41. The molecule has 0 bridgehead atoms. The molecule has 29 heavy (non-hydrogen) atoms. The first-order valence-electron chi connectivity index (χ1n) is 8.80. The number of anilines is 1. The van der Waals surface area contributed by atoms with E-state index in [4.69, 9.17) is 0 Å². The SMILES string of the molecule is Cc1nc2ccccc2c(=O)n1-c1ccc(C(=O)Nc2c(F)cccc2F)cc1. The molecule has 0 fully saturated rings. The molecular weight excluding hydrogens is 376 g/mol. The lowest BCUT2D eigenvalue weighted by molar-refractivity contribution is 0.102. The molecule has 1 amide bonds. The number of carbonyl (C=O) groups is 1. The maximum atomic E-state index is 13.7. The van der Waals surface area contributed by atoms with Crippen LogP contribution in [-0.4, -0.2) is 15.5 Å². The topological polar surface area (TPSA) is 64.0 Å². The van der Waals surface area contributed by atoms with Crippen molar-refractivity contribution in [2.75, 3.05) is 5.32 Å². The zero-order chi connectivity index (χ0) is 20.5. The second kappa shape index (κ2) is 7.27. The van der Waals surface area contributed by atoms with Gasteiger partial charge >= 0.3 is 0 Å². The third-order valence-electron chi connectivity index (χ3n) is 4.53. The molecule has 0 aliphatic rings. The van der Waals surface area contributed by atoms with Gasteiger partial charge in [-0.1, -0.05) is 18.2 Å². The van der Waals surface area contributed by atoms with E-state index in [1.54, 1.807) is 37.3 Å². The number of aryl methyl sites for hydroxylation is 1. The summed E-state index contributed by atoms with van der Waals surface area (Å²) in [6.45, 7) is 1.72. The van der Waals surface area contributed by atoms with E-state index in [0.717, 1.165) is 12.1 Å². The fraction of sp³-hybridized carbons (Fsp3) is 0.0455. The molecule has 0 radical (unpaired) electrons. The number of aromatic nitrogens is 2. The lowest BCUT2D eigenvalue weighted by Gasteiger charge is -2.12. The van der Waals surface area contributed by atoms with Crippen molar-refractivity contribution in [3.63, 3.8) is 0 Å². The first kappa shape index (κ1) is 18.5. The smallest absolute Gasteiger partial charge is 0.265 e. The molecule has 144 valence electrons. The summed E-state index contributed by atoms with van der Waals surface area (Å²) in [4.78, 5) is 29.6. The van der Waals surface area contributed by atoms with Crippen LogP contribution >= 0.6 is 0 Å². The summed E-state index contributed by atoms with van der Waals surface area (Å²) in [5.41, 5.74) is 0.593. The van der Waals surface area contributed by atoms with Gasteiger partial charge in [0.15, 0.2) is 0 Å². The minimum atomic E-state index is -0.862. The molecule has 0 atom stereocenters. The minimum Gasteiger partial charge on any atom is -0.317 e. The molecule has 0 aliphatic carbocycles. The number of carbonyl (C=O) groups excluding carboxylic acids is 1. The summed E-state index contributed by atoms with van der Waals surface area (Å²) in [6.07, 6.45) is 0. The van der Waals surface area contributed by atoms with E-state index in [-0.39, 0.29) is 11.1 Å². The fourth-order valence-corrected chi connectivity index (χ4v) is 3.11. The number of hydrogen-bond donors (Lipinski definition) is 1. The number of nitrogens with one attached hydrogen (secondary N) is 1. The number of halogens is 2. The second-order valence-electron chi connectivity index (χ2n) is 6.41. The fourth-order valence-electron chi connectivity index (χ4n) is 3.11. The summed E-state index contributed by atoms with van der Waals surface area (Å²) in [5.74, 6) is -1.89. The molecule has 4 aromatic rings. The van der Waals surface area contributed by atoms with Crippen molar-refractivity contribution in [3.8, 4) is 5.69 Å². The number of hydrogen-bond acceptors (Lipinski definition) is 3. The maximum Gasteiger partial charge on any atom is 0.265 e. The van der Waals surface area contributed by atoms with Crippen LogP contribution in [0.1, 0.15) is 16.2 Å². The average Bonchev–Trinajstić information content (AvgIpc) is 2.71. The standard InChI is InChI=1S/C22H15F2N3O2/c1-13-25-19-8-3-2-5-16(19)22(29)27(13)15-11-9-14(10-12-15)21(28)26-20-17(23)6-4-7-18(20)24/h2-12H,1H3,(H,26,28). The zero-order valence-corrected chi connectivity index (χ0v) is 15.3. The molecule has 0 aliphatic heterocycles. The average molecular weight is 391 g/mol. The van der Waals surface area contributed by atoms with E-state index in [0.29, 0.717) is 22.4 Å². The lowest BCUT2D eigenvalue weighted by Crippen LogP contribution is -2.22. The molecule has 0 spiro atoms. The molecule has 0 unspecified atom stereocenters. The summed E-state index contributed by atoms with van der Waals surface area (Å²) in [6, 6.07) is 16.5. The van der Waals surface area contributed by atoms with Crippen LogP contribution in [-0.2, 0) is 0 Å². The third-order valence-corrected chi connectivity index (χ3v) is 4.53. The van der Waals surface area contributed by atoms with Crippen molar-refractivity contribution in [2.45, 2.75) is 6.92 Å². The molecule has 5 nitrogen and oxygen atoms in total. The predicted octanol–water partition coefficient (Wildman–Crippen LogP) is 4.22. The largest absolute Gasteiger partial charge is 0.317 e. The van der Waals surface area contributed by atoms with E-state index in [1.807, 2.05) is 6.07 Å². The highest BCUT2D eigenvalue weighted by atomic mass is 19.1. The van der Waals surface area contributed by atoms with Crippen LogP contribution in [0.5, 0.6) is 0 Å². The minimum absolute atomic E-state index is 0.191. The highest BCUT2D eigenvalue weighted by Crippen LogP contribution is 2.20. The van der Waals surface area contributed by atoms with E-state index >= 15 is 0 Å². The highest BCUT2D eigenvalue weighted by Gasteiger charge is 2.14. The molecule has 0 saturated heterocycles. The predicted molar refractivity (Wildman–Crippen MR) is 106 cm³/mol. The molecular formula is C22H15F2N3O2. The summed E-state index contributed by atoms with van der Waals surface area (Å²) in [7, 11) is 0. The van der Waals surface area contributed by atoms with E-state index in [2.05, 4.69) is 10.3 Å². The van der Waals surface area contributed by atoms with Crippen molar-refractivity contribution in [1.82, 2.24) is 9.55 Å². The Bertz CT molecular complexity index is 1280. The summed E-state index contributed by atoms with van der Waals surface area (Å²) in [5, 5.41) is 2.71. The molecule has 7 heteroatoms. The normalized spacial score (nSPS) is 10.9. The van der Waals surface area contributed by atoms with Crippen molar-refractivity contribution >= 4 is 22.5 Å². The molecule has 1 heterocycles. The van der Waals surface area contributed by atoms with Gasteiger partial charge < -0.3 is 5.32 Å². The van der Waals surface area contributed by atoms with Gasteiger partial charge in [-0.15, -0.1) is 0 Å². The van der Waals surface area contributed by atoms with Gasteiger partial charge in [0.1, 0.15) is 23.1 Å². The number of benzene rings is 3. The van der Waals surface area contributed by atoms with E-state index in [9.17, 15) is 18.4 Å². The third kappa shape index (κ3) is 3.38. The van der Waals surface area contributed by atoms with Crippen LogP contribution in [0.25, 0.3) is 16.6 Å². The van der Waals surface area contributed by atoms with Crippen molar-refractivity contribution in [3.05, 3.63) is 100 Å². The van der Waals surface area contributed by atoms with Crippen LogP contribution in [0.15, 0.2) is 71.5 Å². The number of amides is 1. The van der Waals surface area contributed by atoms with Crippen LogP contribution in [0.4, 0.5) is 14.5 Å². The first-order valence-corrected chi connectivity index (χ1v) is 8.80. The number of nitrogens with zero attached hydrogens (tertiary/aromatic N) is 2. The molecule has 1 N–H and O–H groups in total. The van der Waals surface area contributed by atoms with Gasteiger partial charge in [0, 0.05) is 5.56 Å². The number of fused-ring (bicyclic) bond motifs is 1. The van der Waals surface area contributed by atoms with Gasteiger partial charge in [0.2, 0.25) is 0 Å². The van der Waals surface area contributed by atoms with Gasteiger partial charge in [-0.2, -0.15) is 0 Å². The monoisotopic (exact) mass is 391 g/mol. The maximum absolute atomic E-state index is 13.7. The lowest BCUT2D eigenvalue weighted by atomic mass is 10.1. The van der Waals surface area contributed by atoms with Crippen LogP contribution in [0.3, 0.4) is 0 Å². The van der Waals surface area contributed by atoms with Gasteiger partial charge in [0.05, 0.1) is 16.6 Å². The molecule has 3 aromatic carbocycles. The Labute approximate surface area is 164 Å². The van der Waals surface area contributed by atoms with Crippen molar-refractivity contribution in [1.29, 1.82) is 0 Å². The Morgan fingerprint density at radius 3 is 2.28 bits per heavy atom. The summed E-state index contributed by atoms with van der Waals surface area (Å²) < 4.78 is 28.9. The molecule has 1 aromatic heterocycles. The Kier molecular flexibility index (Phi) is 4.64. The van der Waals surface area contributed by atoms with Crippen LogP contribution < -0.4 is 10.9 Å². The Balaban J connectivity index is 1.67. The molecule has 4 rings (SSSR count). The molecule has 0 saturated carbocycles. The van der Waals surface area contributed by atoms with Gasteiger partial charge in [0.25, 0.3) is 11.5 Å².